The number of ether oxygens (including phenoxy) is 1. The molecule has 3 heteroatoms. The fraction of sp³-hybridized carbons (Fsp3) is 0.400. The second kappa shape index (κ2) is 3.47. The Morgan fingerprint density at radius 3 is 3.31 bits per heavy atom. The standard InChI is InChI=1S/C10H11O2P/c1-2-8-6-7-4-3-5-13-9(7)10(11)12-8/h3-5,8H,2,6H2,1H3. The molecule has 2 nitrogen and oxygen atoms in total. The average molecular weight is 194 g/mol. The Bertz CT molecular complexity index is 335. The van der Waals surface area contributed by atoms with Gasteiger partial charge < -0.3 is 4.74 Å². The maximum Gasteiger partial charge on any atom is 0.343 e. The van der Waals surface area contributed by atoms with Gasteiger partial charge in [0.25, 0.3) is 0 Å². The van der Waals surface area contributed by atoms with E-state index < -0.39 is 0 Å². The van der Waals surface area contributed by atoms with Gasteiger partial charge >= 0.3 is 5.97 Å². The minimum atomic E-state index is -0.129. The van der Waals surface area contributed by atoms with Crippen molar-refractivity contribution in [2.75, 3.05) is 0 Å². The second-order valence-electron chi connectivity index (χ2n) is 3.15. The van der Waals surface area contributed by atoms with E-state index in [1.165, 1.54) is 0 Å². The topological polar surface area (TPSA) is 26.3 Å². The van der Waals surface area contributed by atoms with Crippen molar-refractivity contribution in [1.82, 2.24) is 0 Å². The predicted octanol–water partition coefficient (Wildman–Crippen LogP) is 2.76. The lowest BCUT2D eigenvalue weighted by Crippen LogP contribution is -2.25. The molecule has 0 aliphatic carbocycles. The number of fused-ring (bicyclic) bond motifs is 1. The van der Waals surface area contributed by atoms with Crippen LogP contribution in [0.2, 0.25) is 0 Å². The number of carbonyl (C=O) groups is 1. The molecule has 0 N–H and O–H groups in total. The maximum absolute atomic E-state index is 11.5. The number of cyclic esters (lactones) is 1. The van der Waals surface area contributed by atoms with E-state index in [2.05, 4.69) is 0 Å². The Kier molecular flexibility index (Phi) is 2.32. The minimum absolute atomic E-state index is 0.0872. The Balaban J connectivity index is 2.37. The van der Waals surface area contributed by atoms with Crippen LogP contribution in [0.25, 0.3) is 0 Å². The molecule has 1 atom stereocenters. The van der Waals surface area contributed by atoms with Gasteiger partial charge in [-0.1, -0.05) is 27.2 Å². The van der Waals surface area contributed by atoms with Crippen LogP contribution in [0.3, 0.4) is 0 Å². The number of hydrogen-bond donors (Lipinski definition) is 0. The molecule has 0 amide bonds. The van der Waals surface area contributed by atoms with Gasteiger partial charge in [0.05, 0.1) is 5.30 Å². The summed E-state index contributed by atoms with van der Waals surface area (Å²) >= 11 is 0. The Morgan fingerprint density at radius 2 is 2.54 bits per heavy atom. The summed E-state index contributed by atoms with van der Waals surface area (Å²) in [6.45, 7) is 2.04. The van der Waals surface area contributed by atoms with E-state index >= 15 is 0 Å². The van der Waals surface area contributed by atoms with Crippen molar-refractivity contribution in [3.05, 3.63) is 28.8 Å². The molecule has 0 saturated heterocycles. The van der Waals surface area contributed by atoms with Gasteiger partial charge in [-0.2, -0.15) is 0 Å². The van der Waals surface area contributed by atoms with Crippen molar-refractivity contribution in [2.24, 2.45) is 0 Å². The molecule has 0 saturated carbocycles. The quantitative estimate of drug-likeness (QED) is 0.642. The van der Waals surface area contributed by atoms with Gasteiger partial charge in [0, 0.05) is 6.42 Å². The van der Waals surface area contributed by atoms with Crippen LogP contribution in [0.5, 0.6) is 0 Å². The van der Waals surface area contributed by atoms with E-state index in [-0.39, 0.29) is 12.1 Å². The number of esters is 1. The zero-order valence-electron chi connectivity index (χ0n) is 7.49. The zero-order chi connectivity index (χ0) is 9.26. The summed E-state index contributed by atoms with van der Waals surface area (Å²) in [5.41, 5.74) is 1.16. The van der Waals surface area contributed by atoms with Crippen molar-refractivity contribution < 1.29 is 9.53 Å². The predicted molar refractivity (Wildman–Crippen MR) is 52.2 cm³/mol. The van der Waals surface area contributed by atoms with Crippen LogP contribution >= 0.6 is 8.19 Å². The molecule has 0 fully saturated rings. The summed E-state index contributed by atoms with van der Waals surface area (Å²) in [7, 11) is 0.978. The molecule has 13 heavy (non-hydrogen) atoms. The van der Waals surface area contributed by atoms with Crippen molar-refractivity contribution in [1.29, 1.82) is 0 Å². The molecule has 2 rings (SSSR count). The number of carbonyl (C=O) groups excluding carboxylic acids is 1. The lowest BCUT2D eigenvalue weighted by atomic mass is 10.0. The molecule has 1 aliphatic heterocycles. The van der Waals surface area contributed by atoms with E-state index in [1.807, 2.05) is 24.9 Å². The summed E-state index contributed by atoms with van der Waals surface area (Å²) in [6.07, 6.45) is 1.87. The molecule has 0 radical (unpaired) electrons. The minimum Gasteiger partial charge on any atom is -0.458 e. The van der Waals surface area contributed by atoms with Gasteiger partial charge in [0.1, 0.15) is 6.10 Å². The highest BCUT2D eigenvalue weighted by molar-refractivity contribution is 7.31. The van der Waals surface area contributed by atoms with Crippen molar-refractivity contribution in [3.8, 4) is 0 Å². The highest BCUT2D eigenvalue weighted by Crippen LogP contribution is 2.27. The molecule has 1 aromatic rings. The lowest BCUT2D eigenvalue weighted by Gasteiger charge is -2.22. The fourth-order valence-electron chi connectivity index (χ4n) is 1.51. The van der Waals surface area contributed by atoms with Gasteiger partial charge in [-0.15, -0.1) is 0 Å². The van der Waals surface area contributed by atoms with Crippen LogP contribution in [0, 0.1) is 0 Å². The van der Waals surface area contributed by atoms with Gasteiger partial charge in [-0.25, -0.2) is 4.79 Å². The van der Waals surface area contributed by atoms with Crippen LogP contribution in [0.15, 0.2) is 17.9 Å². The molecular formula is C10H11O2P. The van der Waals surface area contributed by atoms with E-state index in [4.69, 9.17) is 4.74 Å². The first-order chi connectivity index (χ1) is 6.31. The monoisotopic (exact) mass is 194 g/mol. The van der Waals surface area contributed by atoms with Crippen molar-refractivity contribution >= 4 is 14.2 Å². The molecule has 68 valence electrons. The molecule has 1 unspecified atom stereocenters. The van der Waals surface area contributed by atoms with Crippen LogP contribution in [0.4, 0.5) is 0 Å². The molecule has 2 heterocycles. The van der Waals surface area contributed by atoms with Crippen LogP contribution in [-0.4, -0.2) is 12.1 Å². The summed E-state index contributed by atoms with van der Waals surface area (Å²) in [6, 6.07) is 4.03. The highest BCUT2D eigenvalue weighted by Gasteiger charge is 2.24. The molecule has 0 bridgehead atoms. The van der Waals surface area contributed by atoms with Crippen LogP contribution in [-0.2, 0) is 11.2 Å². The Morgan fingerprint density at radius 1 is 1.69 bits per heavy atom. The second-order valence-corrected chi connectivity index (χ2v) is 4.15. The first-order valence-electron chi connectivity index (χ1n) is 4.46. The van der Waals surface area contributed by atoms with Gasteiger partial charge in [-0.3, -0.25) is 0 Å². The smallest absolute Gasteiger partial charge is 0.343 e. The third kappa shape index (κ3) is 1.59. The van der Waals surface area contributed by atoms with Crippen LogP contribution < -0.4 is 0 Å². The van der Waals surface area contributed by atoms with E-state index in [0.29, 0.717) is 0 Å². The number of hydrogen-bond acceptors (Lipinski definition) is 2. The normalized spacial score (nSPS) is 21.3. The molecule has 1 aliphatic rings. The molecule has 0 spiro atoms. The third-order valence-corrected chi connectivity index (χ3v) is 3.31. The van der Waals surface area contributed by atoms with E-state index in [0.717, 1.165) is 31.9 Å². The lowest BCUT2D eigenvalue weighted by molar-refractivity contribution is 0.0257. The highest BCUT2D eigenvalue weighted by atomic mass is 31.0. The van der Waals surface area contributed by atoms with Crippen LogP contribution in [0.1, 0.15) is 29.0 Å². The van der Waals surface area contributed by atoms with Gasteiger partial charge in [0.2, 0.25) is 0 Å². The van der Waals surface area contributed by atoms with Crippen molar-refractivity contribution in [2.45, 2.75) is 25.9 Å². The van der Waals surface area contributed by atoms with Crippen molar-refractivity contribution in [3.63, 3.8) is 0 Å². The van der Waals surface area contributed by atoms with E-state index in [9.17, 15) is 4.79 Å². The van der Waals surface area contributed by atoms with E-state index in [1.54, 1.807) is 0 Å². The largest absolute Gasteiger partial charge is 0.458 e. The Labute approximate surface area is 79.0 Å². The zero-order valence-corrected chi connectivity index (χ0v) is 8.38. The SMILES string of the molecule is CCC1Cc2cccpc2C(=O)O1. The third-order valence-electron chi connectivity index (χ3n) is 2.26. The summed E-state index contributed by atoms with van der Waals surface area (Å²) in [4.78, 5) is 11.5. The first kappa shape index (κ1) is 8.71. The summed E-state index contributed by atoms with van der Waals surface area (Å²) in [5, 5.41) is 0.826. The fourth-order valence-corrected chi connectivity index (χ4v) is 2.32. The first-order valence-corrected chi connectivity index (χ1v) is 5.42. The van der Waals surface area contributed by atoms with Gasteiger partial charge in [-0.05, 0) is 17.8 Å². The Hall–Kier alpha value is -0.880. The molecule has 1 aromatic heterocycles. The maximum atomic E-state index is 11.5. The van der Waals surface area contributed by atoms with Gasteiger partial charge in [0.15, 0.2) is 0 Å². The summed E-state index contributed by atoms with van der Waals surface area (Å²) < 4.78 is 5.25. The average Bonchev–Trinajstić information content (AvgIpc) is 2.18. The molecule has 0 aromatic carbocycles. The summed E-state index contributed by atoms with van der Waals surface area (Å²) in [5.74, 6) is 1.84. The molecular weight excluding hydrogens is 183 g/mol. The number of rotatable bonds is 1.